The highest BCUT2D eigenvalue weighted by atomic mass is 16.6. The smallest absolute Gasteiger partial charge is 0.201 e. The van der Waals surface area contributed by atoms with Crippen LogP contribution in [0.5, 0.6) is 11.5 Å². The SMILES string of the molecule is CCCCC/C=C/c1c(O)cc(CC=C(C)C)c2c1CC(O)O2. The summed E-state index contributed by atoms with van der Waals surface area (Å²) in [6.07, 6.45) is 11.1. The Balaban J connectivity index is 2.27. The molecule has 3 nitrogen and oxygen atoms in total. The minimum absolute atomic E-state index is 0.269. The molecule has 2 rings (SSSR count). The summed E-state index contributed by atoms with van der Waals surface area (Å²) in [6, 6.07) is 1.77. The maximum Gasteiger partial charge on any atom is 0.201 e. The Labute approximate surface area is 139 Å². The van der Waals surface area contributed by atoms with E-state index in [0.717, 1.165) is 35.3 Å². The lowest BCUT2D eigenvalue weighted by molar-refractivity contribution is 0.00166. The molecule has 0 aromatic heterocycles. The predicted octanol–water partition coefficient (Wildman–Crippen LogP) is 4.75. The molecule has 1 heterocycles. The Morgan fingerprint density at radius 1 is 1.35 bits per heavy atom. The monoisotopic (exact) mass is 316 g/mol. The second-order valence-corrected chi connectivity index (χ2v) is 6.44. The molecule has 1 aliphatic heterocycles. The van der Waals surface area contributed by atoms with Gasteiger partial charge in [0.2, 0.25) is 6.29 Å². The second kappa shape index (κ2) is 8.21. The summed E-state index contributed by atoms with van der Waals surface area (Å²) in [7, 11) is 0. The number of aliphatic hydroxyl groups excluding tert-OH is 1. The van der Waals surface area contributed by atoms with Crippen molar-refractivity contribution >= 4 is 6.08 Å². The number of benzene rings is 1. The maximum atomic E-state index is 10.4. The van der Waals surface area contributed by atoms with E-state index in [9.17, 15) is 10.2 Å². The van der Waals surface area contributed by atoms with E-state index in [4.69, 9.17) is 4.74 Å². The fraction of sp³-hybridized carbons (Fsp3) is 0.500. The van der Waals surface area contributed by atoms with Gasteiger partial charge >= 0.3 is 0 Å². The molecule has 0 bridgehead atoms. The lowest BCUT2D eigenvalue weighted by Gasteiger charge is -2.11. The third-order valence-corrected chi connectivity index (χ3v) is 4.10. The van der Waals surface area contributed by atoms with Gasteiger partial charge in [0.1, 0.15) is 11.5 Å². The van der Waals surface area contributed by atoms with Gasteiger partial charge in [-0.2, -0.15) is 0 Å². The average molecular weight is 316 g/mol. The molecular formula is C20H28O3. The molecule has 0 spiro atoms. The van der Waals surface area contributed by atoms with E-state index in [1.54, 1.807) is 6.07 Å². The van der Waals surface area contributed by atoms with E-state index in [1.807, 2.05) is 19.9 Å². The minimum Gasteiger partial charge on any atom is -0.507 e. The van der Waals surface area contributed by atoms with Crippen molar-refractivity contribution in [2.45, 2.75) is 65.6 Å². The van der Waals surface area contributed by atoms with E-state index in [0.29, 0.717) is 12.8 Å². The van der Waals surface area contributed by atoms with Crippen LogP contribution in [0.2, 0.25) is 0 Å². The number of hydrogen-bond acceptors (Lipinski definition) is 3. The zero-order valence-corrected chi connectivity index (χ0v) is 14.4. The topological polar surface area (TPSA) is 49.7 Å². The van der Waals surface area contributed by atoms with Crippen LogP contribution in [-0.4, -0.2) is 16.5 Å². The van der Waals surface area contributed by atoms with Crippen molar-refractivity contribution in [3.05, 3.63) is 40.5 Å². The van der Waals surface area contributed by atoms with Crippen LogP contribution >= 0.6 is 0 Å². The number of unbranched alkanes of at least 4 members (excludes halogenated alkanes) is 3. The van der Waals surface area contributed by atoms with Crippen molar-refractivity contribution in [2.24, 2.45) is 0 Å². The molecule has 1 aromatic rings. The predicted molar refractivity (Wildman–Crippen MR) is 94.8 cm³/mol. The first kappa shape index (κ1) is 17.6. The van der Waals surface area contributed by atoms with Crippen LogP contribution in [0.3, 0.4) is 0 Å². The molecule has 1 aromatic carbocycles. The molecule has 0 saturated carbocycles. The van der Waals surface area contributed by atoms with E-state index in [1.165, 1.54) is 18.4 Å². The van der Waals surface area contributed by atoms with Crippen molar-refractivity contribution in [1.82, 2.24) is 0 Å². The molecular weight excluding hydrogens is 288 g/mol. The summed E-state index contributed by atoms with van der Waals surface area (Å²) in [4.78, 5) is 0. The van der Waals surface area contributed by atoms with Crippen LogP contribution in [0.4, 0.5) is 0 Å². The van der Waals surface area contributed by atoms with E-state index in [2.05, 4.69) is 19.1 Å². The summed E-state index contributed by atoms with van der Waals surface area (Å²) in [6.45, 7) is 6.28. The third kappa shape index (κ3) is 4.61. The number of ether oxygens (including phenoxy) is 1. The Bertz CT molecular complexity index is 595. The van der Waals surface area contributed by atoms with Gasteiger partial charge in [0.15, 0.2) is 0 Å². The van der Waals surface area contributed by atoms with Crippen LogP contribution in [0.1, 0.15) is 63.1 Å². The van der Waals surface area contributed by atoms with Gasteiger partial charge in [-0.05, 0) is 39.2 Å². The molecule has 0 aliphatic carbocycles. The van der Waals surface area contributed by atoms with Crippen molar-refractivity contribution in [2.75, 3.05) is 0 Å². The van der Waals surface area contributed by atoms with Crippen molar-refractivity contribution < 1.29 is 14.9 Å². The summed E-state index contributed by atoms with van der Waals surface area (Å²) >= 11 is 0. The van der Waals surface area contributed by atoms with Crippen molar-refractivity contribution in [3.8, 4) is 11.5 Å². The normalized spacial score (nSPS) is 16.4. The van der Waals surface area contributed by atoms with Crippen LogP contribution in [-0.2, 0) is 12.8 Å². The first-order valence-corrected chi connectivity index (χ1v) is 8.55. The van der Waals surface area contributed by atoms with E-state index >= 15 is 0 Å². The van der Waals surface area contributed by atoms with Gasteiger partial charge < -0.3 is 14.9 Å². The molecule has 0 amide bonds. The van der Waals surface area contributed by atoms with Crippen LogP contribution < -0.4 is 4.74 Å². The minimum atomic E-state index is -0.815. The summed E-state index contributed by atoms with van der Waals surface area (Å²) in [5.74, 6) is 1.01. The first-order valence-electron chi connectivity index (χ1n) is 8.55. The fourth-order valence-electron chi connectivity index (χ4n) is 2.85. The number of aromatic hydroxyl groups is 1. The van der Waals surface area contributed by atoms with Gasteiger partial charge in [-0.25, -0.2) is 0 Å². The first-order chi connectivity index (χ1) is 11.0. The number of hydrogen-bond donors (Lipinski definition) is 2. The lowest BCUT2D eigenvalue weighted by atomic mass is 9.97. The second-order valence-electron chi connectivity index (χ2n) is 6.44. The standard InChI is InChI=1S/C20H28O3/c1-4-5-6-7-8-9-16-17-13-19(22)23-20(17)15(12-18(16)21)11-10-14(2)3/h8-10,12,19,21-22H,4-7,11,13H2,1-3H3/b9-8+. The number of phenolic OH excluding ortho intramolecular Hbond substituents is 1. The third-order valence-electron chi connectivity index (χ3n) is 4.10. The summed E-state index contributed by atoms with van der Waals surface area (Å²) < 4.78 is 5.59. The molecule has 126 valence electrons. The molecule has 2 N–H and O–H groups in total. The summed E-state index contributed by atoms with van der Waals surface area (Å²) in [5.41, 5.74) is 3.85. The van der Waals surface area contributed by atoms with Crippen LogP contribution in [0, 0.1) is 0 Å². The van der Waals surface area contributed by atoms with Crippen LogP contribution in [0.25, 0.3) is 6.08 Å². The molecule has 3 heteroatoms. The Kier molecular flexibility index (Phi) is 6.28. The van der Waals surface area contributed by atoms with Gasteiger partial charge in [0, 0.05) is 23.1 Å². The average Bonchev–Trinajstić information content (AvgIpc) is 2.88. The highest BCUT2D eigenvalue weighted by Crippen LogP contribution is 2.40. The van der Waals surface area contributed by atoms with Crippen molar-refractivity contribution in [1.29, 1.82) is 0 Å². The zero-order valence-electron chi connectivity index (χ0n) is 14.4. The Hall–Kier alpha value is -1.74. The van der Waals surface area contributed by atoms with E-state index < -0.39 is 6.29 Å². The van der Waals surface area contributed by atoms with Gasteiger partial charge in [-0.1, -0.05) is 43.6 Å². The van der Waals surface area contributed by atoms with Crippen molar-refractivity contribution in [3.63, 3.8) is 0 Å². The molecule has 23 heavy (non-hydrogen) atoms. The number of phenols is 1. The van der Waals surface area contributed by atoms with Gasteiger partial charge in [-0.3, -0.25) is 0 Å². The highest BCUT2D eigenvalue weighted by molar-refractivity contribution is 5.68. The maximum absolute atomic E-state index is 10.4. The Morgan fingerprint density at radius 3 is 2.83 bits per heavy atom. The van der Waals surface area contributed by atoms with Gasteiger partial charge in [-0.15, -0.1) is 0 Å². The lowest BCUT2D eigenvalue weighted by Crippen LogP contribution is -2.10. The molecule has 0 saturated heterocycles. The molecule has 1 unspecified atom stereocenters. The quantitative estimate of drug-likeness (QED) is 0.564. The zero-order chi connectivity index (χ0) is 16.8. The highest BCUT2D eigenvalue weighted by Gasteiger charge is 2.27. The Morgan fingerprint density at radius 2 is 2.13 bits per heavy atom. The molecule has 0 fully saturated rings. The molecule has 0 radical (unpaired) electrons. The van der Waals surface area contributed by atoms with Gasteiger partial charge in [0.05, 0.1) is 0 Å². The number of fused-ring (bicyclic) bond motifs is 1. The molecule has 1 aliphatic rings. The number of rotatable bonds is 7. The number of aliphatic hydroxyl groups is 1. The van der Waals surface area contributed by atoms with Gasteiger partial charge in [0.25, 0.3) is 0 Å². The van der Waals surface area contributed by atoms with Crippen LogP contribution in [0.15, 0.2) is 23.8 Å². The fourth-order valence-corrected chi connectivity index (χ4v) is 2.85. The van der Waals surface area contributed by atoms with E-state index in [-0.39, 0.29) is 5.75 Å². The largest absolute Gasteiger partial charge is 0.507 e. The molecule has 1 atom stereocenters. The number of allylic oxidation sites excluding steroid dienone is 3. The summed E-state index contributed by atoms with van der Waals surface area (Å²) in [5, 5.41) is 20.3.